The quantitative estimate of drug-likeness (QED) is 0.862. The lowest BCUT2D eigenvalue weighted by molar-refractivity contribution is 0.163. The maximum atomic E-state index is 6.28. The molecule has 1 saturated heterocycles. The molecule has 20 heavy (non-hydrogen) atoms. The lowest BCUT2D eigenvalue weighted by atomic mass is 9.89. The number of hydrogen-bond acceptors (Lipinski definition) is 2. The van der Waals surface area contributed by atoms with Gasteiger partial charge in [0.05, 0.1) is 0 Å². The fourth-order valence-corrected chi connectivity index (χ4v) is 3.10. The topological polar surface area (TPSA) is 29.3 Å². The average Bonchev–Trinajstić information content (AvgIpc) is 2.49. The third-order valence-corrected chi connectivity index (χ3v) is 4.92. The summed E-state index contributed by atoms with van der Waals surface area (Å²) in [6.45, 7) is 8.03. The normalized spacial score (nSPS) is 20.8. The van der Waals surface area contributed by atoms with E-state index in [-0.39, 0.29) is 0 Å². The summed E-state index contributed by atoms with van der Waals surface area (Å²) < 4.78 is 0. The van der Waals surface area contributed by atoms with Gasteiger partial charge in [-0.2, -0.15) is 0 Å². The summed E-state index contributed by atoms with van der Waals surface area (Å²) in [6, 6.07) is 11.2. The maximum Gasteiger partial charge on any atom is 0.0193 e. The van der Waals surface area contributed by atoms with Gasteiger partial charge >= 0.3 is 0 Å². The van der Waals surface area contributed by atoms with Crippen LogP contribution in [0.3, 0.4) is 0 Å². The van der Waals surface area contributed by atoms with Gasteiger partial charge < -0.3 is 10.6 Å². The Hall–Kier alpha value is -0.860. The molecular formula is C18H30N2. The van der Waals surface area contributed by atoms with Crippen molar-refractivity contribution in [1.29, 1.82) is 0 Å². The van der Waals surface area contributed by atoms with E-state index in [0.29, 0.717) is 12.0 Å². The van der Waals surface area contributed by atoms with Crippen molar-refractivity contribution < 1.29 is 0 Å². The first kappa shape index (κ1) is 15.5. The smallest absolute Gasteiger partial charge is 0.0193 e. The molecule has 1 aromatic rings. The molecule has 1 aliphatic rings. The van der Waals surface area contributed by atoms with Gasteiger partial charge in [0.1, 0.15) is 0 Å². The van der Waals surface area contributed by atoms with Crippen molar-refractivity contribution in [3.05, 3.63) is 35.9 Å². The molecule has 1 heterocycles. The lowest BCUT2D eigenvalue weighted by Gasteiger charge is -2.34. The van der Waals surface area contributed by atoms with Crippen molar-refractivity contribution in [3.8, 4) is 0 Å². The molecule has 0 aromatic heterocycles. The van der Waals surface area contributed by atoms with Crippen LogP contribution in [-0.4, -0.2) is 30.6 Å². The molecule has 2 heteroatoms. The van der Waals surface area contributed by atoms with E-state index >= 15 is 0 Å². The lowest BCUT2D eigenvalue weighted by Crippen LogP contribution is -2.44. The van der Waals surface area contributed by atoms with Crippen molar-refractivity contribution in [3.63, 3.8) is 0 Å². The molecule has 0 radical (unpaired) electrons. The van der Waals surface area contributed by atoms with E-state index in [1.807, 2.05) is 0 Å². The van der Waals surface area contributed by atoms with Gasteiger partial charge in [0.2, 0.25) is 0 Å². The molecule has 2 N–H and O–H groups in total. The Labute approximate surface area is 124 Å². The number of hydrogen-bond donors (Lipinski definition) is 1. The standard InChI is InChI=1S/C18H30N2/c1-3-15(2)18(19)14-20-11-9-17(10-12-20)13-16-7-5-4-6-8-16/h4-8,15,17-18H,3,9-14,19H2,1-2H3. The number of rotatable bonds is 6. The van der Waals surface area contributed by atoms with E-state index in [0.717, 1.165) is 12.5 Å². The minimum atomic E-state index is 0.339. The summed E-state index contributed by atoms with van der Waals surface area (Å²) in [4.78, 5) is 2.57. The third kappa shape index (κ3) is 4.60. The van der Waals surface area contributed by atoms with E-state index in [4.69, 9.17) is 5.73 Å². The Morgan fingerprint density at radius 3 is 2.45 bits per heavy atom. The van der Waals surface area contributed by atoms with Gasteiger partial charge in [0.15, 0.2) is 0 Å². The number of nitrogens with two attached hydrogens (primary N) is 1. The minimum absolute atomic E-state index is 0.339. The second-order valence-corrected chi connectivity index (χ2v) is 6.48. The van der Waals surface area contributed by atoms with Gasteiger partial charge in [-0.3, -0.25) is 0 Å². The first-order valence-corrected chi connectivity index (χ1v) is 8.21. The maximum absolute atomic E-state index is 6.28. The zero-order valence-corrected chi connectivity index (χ0v) is 13.1. The Balaban J connectivity index is 1.72. The molecule has 112 valence electrons. The van der Waals surface area contributed by atoms with Crippen molar-refractivity contribution in [1.82, 2.24) is 4.90 Å². The van der Waals surface area contributed by atoms with Crippen LogP contribution >= 0.6 is 0 Å². The summed E-state index contributed by atoms with van der Waals surface area (Å²) in [5, 5.41) is 0. The van der Waals surface area contributed by atoms with E-state index < -0.39 is 0 Å². The van der Waals surface area contributed by atoms with Gasteiger partial charge in [-0.25, -0.2) is 0 Å². The molecule has 2 unspecified atom stereocenters. The van der Waals surface area contributed by atoms with Gasteiger partial charge in [-0.05, 0) is 49.8 Å². The fraction of sp³-hybridized carbons (Fsp3) is 0.667. The monoisotopic (exact) mass is 274 g/mol. The van der Waals surface area contributed by atoms with Crippen LogP contribution in [-0.2, 0) is 6.42 Å². The van der Waals surface area contributed by atoms with Gasteiger partial charge in [0, 0.05) is 12.6 Å². The largest absolute Gasteiger partial charge is 0.326 e. The molecular weight excluding hydrogens is 244 g/mol. The van der Waals surface area contributed by atoms with Crippen molar-refractivity contribution in [2.24, 2.45) is 17.6 Å². The summed E-state index contributed by atoms with van der Waals surface area (Å²) in [7, 11) is 0. The predicted molar refractivity (Wildman–Crippen MR) is 86.7 cm³/mol. The summed E-state index contributed by atoms with van der Waals surface area (Å²) in [5.41, 5.74) is 7.76. The first-order valence-electron chi connectivity index (χ1n) is 8.21. The summed E-state index contributed by atoms with van der Waals surface area (Å²) in [5.74, 6) is 1.49. The second kappa shape index (κ2) is 7.80. The zero-order chi connectivity index (χ0) is 14.4. The Kier molecular flexibility index (Phi) is 6.06. The Morgan fingerprint density at radius 1 is 1.20 bits per heavy atom. The number of likely N-dealkylation sites (tertiary alicyclic amines) is 1. The van der Waals surface area contributed by atoms with Crippen LogP contribution in [0.2, 0.25) is 0 Å². The molecule has 0 amide bonds. The van der Waals surface area contributed by atoms with Gasteiger partial charge in [0.25, 0.3) is 0 Å². The highest BCUT2D eigenvalue weighted by atomic mass is 15.1. The van der Waals surface area contributed by atoms with Crippen LogP contribution in [0.1, 0.15) is 38.7 Å². The molecule has 1 fully saturated rings. The Bertz CT molecular complexity index is 368. The molecule has 2 nitrogen and oxygen atoms in total. The van der Waals surface area contributed by atoms with Crippen molar-refractivity contribution in [2.45, 2.75) is 45.6 Å². The number of piperidine rings is 1. The molecule has 2 rings (SSSR count). The summed E-state index contributed by atoms with van der Waals surface area (Å²) >= 11 is 0. The number of nitrogens with zero attached hydrogens (tertiary/aromatic N) is 1. The molecule has 1 aliphatic heterocycles. The molecule has 1 aromatic carbocycles. The minimum Gasteiger partial charge on any atom is -0.326 e. The third-order valence-electron chi connectivity index (χ3n) is 4.92. The highest BCUT2D eigenvalue weighted by Crippen LogP contribution is 2.22. The van der Waals surface area contributed by atoms with E-state index in [9.17, 15) is 0 Å². The van der Waals surface area contributed by atoms with Crippen LogP contribution < -0.4 is 5.73 Å². The van der Waals surface area contributed by atoms with E-state index in [1.54, 1.807) is 0 Å². The average molecular weight is 274 g/mol. The second-order valence-electron chi connectivity index (χ2n) is 6.48. The molecule has 0 spiro atoms. The molecule has 0 saturated carbocycles. The van der Waals surface area contributed by atoms with Gasteiger partial charge in [-0.1, -0.05) is 50.6 Å². The van der Waals surface area contributed by atoms with Crippen LogP contribution in [0, 0.1) is 11.8 Å². The van der Waals surface area contributed by atoms with Crippen LogP contribution in [0.15, 0.2) is 30.3 Å². The van der Waals surface area contributed by atoms with Crippen LogP contribution in [0.25, 0.3) is 0 Å². The van der Waals surface area contributed by atoms with Crippen LogP contribution in [0.4, 0.5) is 0 Å². The van der Waals surface area contributed by atoms with E-state index in [2.05, 4.69) is 49.1 Å². The Morgan fingerprint density at radius 2 is 1.85 bits per heavy atom. The first-order chi connectivity index (χ1) is 9.69. The summed E-state index contributed by atoms with van der Waals surface area (Å²) in [6.07, 6.45) is 5.07. The fourth-order valence-electron chi connectivity index (χ4n) is 3.10. The van der Waals surface area contributed by atoms with Crippen molar-refractivity contribution >= 4 is 0 Å². The number of benzene rings is 1. The zero-order valence-electron chi connectivity index (χ0n) is 13.1. The highest BCUT2D eigenvalue weighted by molar-refractivity contribution is 5.15. The van der Waals surface area contributed by atoms with E-state index in [1.165, 1.54) is 44.3 Å². The molecule has 0 aliphatic carbocycles. The van der Waals surface area contributed by atoms with Crippen LogP contribution in [0.5, 0.6) is 0 Å². The molecule has 2 atom stereocenters. The van der Waals surface area contributed by atoms with Gasteiger partial charge in [-0.15, -0.1) is 0 Å². The molecule has 0 bridgehead atoms. The highest BCUT2D eigenvalue weighted by Gasteiger charge is 2.22. The van der Waals surface area contributed by atoms with Crippen molar-refractivity contribution in [2.75, 3.05) is 19.6 Å². The predicted octanol–water partition coefficient (Wildman–Crippen LogP) is 3.31. The SMILES string of the molecule is CCC(C)C(N)CN1CCC(Cc2ccccc2)CC1.